The number of hydrogen-bond acceptors (Lipinski definition) is 3. The lowest BCUT2D eigenvalue weighted by Crippen LogP contribution is -2.19. The number of rotatable bonds is 1. The van der Waals surface area contributed by atoms with E-state index in [0.29, 0.717) is 12.5 Å². The maximum Gasteiger partial charge on any atom is 0.417 e. The van der Waals surface area contributed by atoms with Crippen molar-refractivity contribution in [3.8, 4) is 0 Å². The summed E-state index contributed by atoms with van der Waals surface area (Å²) in [4.78, 5) is 9.36. The van der Waals surface area contributed by atoms with Crippen LogP contribution in [-0.4, -0.2) is 17.9 Å². The highest BCUT2D eigenvalue weighted by Gasteiger charge is 2.30. The van der Waals surface area contributed by atoms with Crippen LogP contribution in [0.5, 0.6) is 0 Å². The van der Waals surface area contributed by atoms with Crippen LogP contribution in [0.2, 0.25) is 0 Å². The molecule has 3 nitrogen and oxygen atoms in total. The first-order valence-corrected chi connectivity index (χ1v) is 4.54. The van der Waals surface area contributed by atoms with Crippen molar-refractivity contribution in [3.63, 3.8) is 0 Å². The number of nitrogens with zero attached hydrogens (tertiary/aromatic N) is 3. The van der Waals surface area contributed by atoms with E-state index in [2.05, 4.69) is 9.98 Å². The van der Waals surface area contributed by atoms with Crippen molar-refractivity contribution in [2.45, 2.75) is 6.18 Å². The summed E-state index contributed by atoms with van der Waals surface area (Å²) in [7, 11) is 0. The van der Waals surface area contributed by atoms with Gasteiger partial charge in [-0.05, 0) is 18.2 Å². The van der Waals surface area contributed by atoms with Gasteiger partial charge in [-0.15, -0.1) is 0 Å². The third kappa shape index (κ3) is 2.21. The van der Waals surface area contributed by atoms with Crippen LogP contribution in [-0.2, 0) is 6.18 Å². The molecule has 0 aromatic carbocycles. The lowest BCUT2D eigenvalue weighted by Gasteiger charge is -2.19. The maximum absolute atomic E-state index is 12.3. The van der Waals surface area contributed by atoms with Crippen molar-refractivity contribution < 1.29 is 13.2 Å². The molecule has 1 aromatic rings. The Balaban J connectivity index is 2.19. The average Bonchev–Trinajstić information content (AvgIpc) is 2.29. The second-order valence-corrected chi connectivity index (χ2v) is 3.19. The zero-order valence-electron chi connectivity index (χ0n) is 8.15. The van der Waals surface area contributed by atoms with E-state index >= 15 is 0 Å². The summed E-state index contributed by atoms with van der Waals surface area (Å²) in [5.41, 5.74) is -0.749. The Morgan fingerprint density at radius 3 is 2.56 bits per heavy atom. The second kappa shape index (κ2) is 3.96. The van der Waals surface area contributed by atoms with Crippen LogP contribution in [0.3, 0.4) is 0 Å². The maximum atomic E-state index is 12.3. The standard InChI is InChI=1S/C10H8F3N3/c11-10(12,13)8-2-3-9(15-6-8)16-5-1-4-14-7-16/h1-6H,7H2. The van der Waals surface area contributed by atoms with Gasteiger partial charge in [0.15, 0.2) is 0 Å². The van der Waals surface area contributed by atoms with Crippen molar-refractivity contribution in [3.05, 3.63) is 36.2 Å². The zero-order chi connectivity index (χ0) is 11.6. The number of anilines is 1. The van der Waals surface area contributed by atoms with Crippen LogP contribution >= 0.6 is 0 Å². The normalized spacial score (nSPS) is 15.6. The molecule has 0 saturated heterocycles. The highest BCUT2D eigenvalue weighted by Crippen LogP contribution is 2.29. The molecule has 16 heavy (non-hydrogen) atoms. The molecule has 0 unspecified atom stereocenters. The van der Waals surface area contributed by atoms with E-state index in [9.17, 15) is 13.2 Å². The average molecular weight is 227 g/mol. The molecule has 0 aliphatic carbocycles. The molecule has 1 aliphatic heterocycles. The Morgan fingerprint density at radius 2 is 2.06 bits per heavy atom. The molecule has 0 amide bonds. The number of halogens is 3. The molecule has 2 rings (SSSR count). The fourth-order valence-corrected chi connectivity index (χ4v) is 1.26. The van der Waals surface area contributed by atoms with Gasteiger partial charge in [-0.2, -0.15) is 13.2 Å². The molecule has 0 radical (unpaired) electrons. The molecule has 84 valence electrons. The second-order valence-electron chi connectivity index (χ2n) is 3.19. The van der Waals surface area contributed by atoms with E-state index in [4.69, 9.17) is 0 Å². The number of pyridine rings is 1. The number of allylic oxidation sites excluding steroid dienone is 1. The lowest BCUT2D eigenvalue weighted by atomic mass is 10.3. The lowest BCUT2D eigenvalue weighted by molar-refractivity contribution is -0.137. The molecular formula is C10H8F3N3. The van der Waals surface area contributed by atoms with Gasteiger partial charge in [0.05, 0.1) is 5.56 Å². The molecule has 0 spiro atoms. The number of aromatic nitrogens is 1. The van der Waals surface area contributed by atoms with Crippen molar-refractivity contribution in [2.75, 3.05) is 11.6 Å². The molecule has 0 N–H and O–H groups in total. The molecule has 0 bridgehead atoms. The van der Waals surface area contributed by atoms with Crippen LogP contribution in [0.25, 0.3) is 0 Å². The Kier molecular flexibility index (Phi) is 2.64. The fraction of sp³-hybridized carbons (Fsp3) is 0.200. The van der Waals surface area contributed by atoms with Gasteiger partial charge in [0, 0.05) is 18.6 Å². The van der Waals surface area contributed by atoms with Gasteiger partial charge in [-0.3, -0.25) is 4.99 Å². The van der Waals surface area contributed by atoms with Gasteiger partial charge in [0.2, 0.25) is 0 Å². The molecule has 1 aliphatic rings. The highest BCUT2D eigenvalue weighted by molar-refractivity contribution is 5.73. The first kappa shape index (κ1) is 10.7. The molecule has 2 heterocycles. The van der Waals surface area contributed by atoms with Crippen molar-refractivity contribution in [1.82, 2.24) is 4.98 Å². The van der Waals surface area contributed by atoms with E-state index in [0.717, 1.165) is 12.3 Å². The molecule has 0 atom stereocenters. The first-order chi connectivity index (χ1) is 7.57. The van der Waals surface area contributed by atoms with Gasteiger partial charge in [0.1, 0.15) is 12.5 Å². The van der Waals surface area contributed by atoms with E-state index in [1.54, 1.807) is 23.4 Å². The summed E-state index contributed by atoms with van der Waals surface area (Å²) in [5, 5.41) is 0. The Bertz CT molecular complexity index is 420. The minimum Gasteiger partial charge on any atom is -0.313 e. The summed E-state index contributed by atoms with van der Waals surface area (Å²) in [6, 6.07) is 2.34. The van der Waals surface area contributed by atoms with Crippen molar-refractivity contribution in [2.24, 2.45) is 4.99 Å². The summed E-state index contributed by atoms with van der Waals surface area (Å²) in [5.74, 6) is 0.445. The van der Waals surface area contributed by atoms with Crippen LogP contribution in [0.15, 0.2) is 35.6 Å². The number of alkyl halides is 3. The van der Waals surface area contributed by atoms with E-state index in [-0.39, 0.29) is 0 Å². The largest absolute Gasteiger partial charge is 0.417 e. The van der Waals surface area contributed by atoms with E-state index in [1.807, 2.05) is 0 Å². The SMILES string of the molecule is FC(F)(F)c1ccc(N2C=CC=NC2)nc1. The van der Waals surface area contributed by atoms with Gasteiger partial charge in [-0.25, -0.2) is 4.98 Å². The summed E-state index contributed by atoms with van der Waals surface area (Å²) in [6.07, 6.45) is 1.51. The quantitative estimate of drug-likeness (QED) is 0.737. The van der Waals surface area contributed by atoms with Crippen LogP contribution in [0.4, 0.5) is 19.0 Å². The Morgan fingerprint density at radius 1 is 1.25 bits per heavy atom. The Labute approximate surface area is 89.9 Å². The molecular weight excluding hydrogens is 219 g/mol. The van der Waals surface area contributed by atoms with Gasteiger partial charge in [-0.1, -0.05) is 0 Å². The highest BCUT2D eigenvalue weighted by atomic mass is 19.4. The minimum atomic E-state index is -4.35. The molecule has 6 heteroatoms. The third-order valence-electron chi connectivity index (χ3n) is 2.06. The van der Waals surface area contributed by atoms with Gasteiger partial charge in [0.25, 0.3) is 0 Å². The van der Waals surface area contributed by atoms with Crippen LogP contribution in [0.1, 0.15) is 5.56 Å². The van der Waals surface area contributed by atoms with Crippen molar-refractivity contribution in [1.29, 1.82) is 0 Å². The van der Waals surface area contributed by atoms with Gasteiger partial charge < -0.3 is 4.90 Å². The van der Waals surface area contributed by atoms with E-state index in [1.165, 1.54) is 6.07 Å². The number of hydrogen-bond donors (Lipinski definition) is 0. The summed E-state index contributed by atoms with van der Waals surface area (Å²) < 4.78 is 36.8. The monoisotopic (exact) mass is 227 g/mol. The van der Waals surface area contributed by atoms with Crippen LogP contribution in [0, 0.1) is 0 Å². The van der Waals surface area contributed by atoms with Crippen molar-refractivity contribution >= 4 is 12.0 Å². The minimum absolute atomic E-state index is 0.370. The first-order valence-electron chi connectivity index (χ1n) is 4.54. The Hall–Kier alpha value is -1.85. The predicted octanol–water partition coefficient (Wildman–Crippen LogP) is 2.46. The van der Waals surface area contributed by atoms with Gasteiger partial charge >= 0.3 is 6.18 Å². The predicted molar refractivity (Wildman–Crippen MR) is 54.2 cm³/mol. The topological polar surface area (TPSA) is 28.5 Å². The van der Waals surface area contributed by atoms with E-state index < -0.39 is 11.7 Å². The summed E-state index contributed by atoms with van der Waals surface area (Å²) in [6.45, 7) is 0.370. The number of aliphatic imine (C=N–C) groups is 1. The molecule has 0 saturated carbocycles. The van der Waals surface area contributed by atoms with Crippen LogP contribution < -0.4 is 4.90 Å². The molecule has 0 fully saturated rings. The molecule has 1 aromatic heterocycles. The zero-order valence-corrected chi connectivity index (χ0v) is 8.15. The summed E-state index contributed by atoms with van der Waals surface area (Å²) >= 11 is 0. The smallest absolute Gasteiger partial charge is 0.313 e. The fourth-order valence-electron chi connectivity index (χ4n) is 1.26. The third-order valence-corrected chi connectivity index (χ3v) is 2.06.